The Labute approximate surface area is 249 Å². The van der Waals surface area contributed by atoms with E-state index in [-0.39, 0.29) is 30.8 Å². The fraction of sp³-hybridized carbons (Fsp3) is 0.500. The molecule has 2 aliphatic rings. The zero-order chi connectivity index (χ0) is 31.3. The highest BCUT2D eigenvalue weighted by Crippen LogP contribution is 2.35. The number of amides is 1. The number of ether oxygens (including phenoxy) is 4. The molecule has 0 radical (unpaired) electrons. The van der Waals surface area contributed by atoms with Crippen molar-refractivity contribution in [3.63, 3.8) is 0 Å². The molecule has 0 aromatic heterocycles. The number of halogens is 3. The van der Waals surface area contributed by atoms with Crippen molar-refractivity contribution in [2.75, 3.05) is 26.3 Å². The second-order valence-corrected chi connectivity index (χ2v) is 12.4. The van der Waals surface area contributed by atoms with Gasteiger partial charge in [0.25, 0.3) is 0 Å². The minimum absolute atomic E-state index is 0.0944. The highest BCUT2D eigenvalue weighted by molar-refractivity contribution is 7.89. The van der Waals surface area contributed by atoms with Crippen molar-refractivity contribution < 1.29 is 45.3 Å². The standard InChI is InChI=1S/C30H35F3N2O7S/c1-29(2)40-20-23-17-22(10-11-26(23)42-29)27-19-35(28(36)41-27)12-6-3-4-7-13-39-14-8-5-9-21-15-24(30(31,32)33)18-25(16-21)43(34,37)38/h10-11,15-18,27H,3-4,6-8,12-14,19-20H2,1-2H3,(H2,34,37,38). The summed E-state index contributed by atoms with van der Waals surface area (Å²) in [7, 11) is -4.31. The minimum atomic E-state index is -4.73. The molecule has 0 aliphatic carbocycles. The number of nitrogens with zero attached hydrogens (tertiary/aromatic N) is 1. The van der Waals surface area contributed by atoms with E-state index >= 15 is 0 Å². The summed E-state index contributed by atoms with van der Waals surface area (Å²) in [5.41, 5.74) is 0.607. The van der Waals surface area contributed by atoms with Crippen LogP contribution in [0.2, 0.25) is 0 Å². The Bertz CT molecular complexity index is 1480. The van der Waals surface area contributed by atoms with E-state index in [0.717, 1.165) is 54.7 Å². The lowest BCUT2D eigenvalue weighted by Crippen LogP contribution is -2.35. The monoisotopic (exact) mass is 624 g/mol. The molecule has 13 heteroatoms. The smallest absolute Gasteiger partial charge is 0.416 e. The summed E-state index contributed by atoms with van der Waals surface area (Å²) in [6.45, 7) is 6.02. The summed E-state index contributed by atoms with van der Waals surface area (Å²) in [6.07, 6.45) is -1.69. The van der Waals surface area contributed by atoms with Crippen LogP contribution >= 0.6 is 0 Å². The first-order valence-corrected chi connectivity index (χ1v) is 15.5. The summed E-state index contributed by atoms with van der Waals surface area (Å²) in [4.78, 5) is 13.4. The molecule has 2 aliphatic heterocycles. The molecule has 0 spiro atoms. The number of carbonyl (C=O) groups excluding carboxylic acids is 1. The molecule has 1 atom stereocenters. The third-order valence-corrected chi connectivity index (χ3v) is 7.80. The van der Waals surface area contributed by atoms with Crippen LogP contribution in [-0.2, 0) is 37.0 Å². The second-order valence-electron chi connectivity index (χ2n) is 10.8. The van der Waals surface area contributed by atoms with Crippen LogP contribution in [0.3, 0.4) is 0 Å². The molecule has 1 fully saturated rings. The van der Waals surface area contributed by atoms with E-state index in [1.54, 1.807) is 4.90 Å². The number of nitrogens with two attached hydrogens (primary N) is 1. The summed E-state index contributed by atoms with van der Waals surface area (Å²) in [5, 5.41) is 4.99. The van der Waals surface area contributed by atoms with Gasteiger partial charge >= 0.3 is 12.3 Å². The number of hydrogen-bond donors (Lipinski definition) is 1. The first-order chi connectivity index (χ1) is 20.2. The van der Waals surface area contributed by atoms with Gasteiger partial charge in [-0.05, 0) is 48.7 Å². The van der Waals surface area contributed by atoms with Crippen molar-refractivity contribution in [3.8, 4) is 17.6 Å². The number of alkyl halides is 3. The molecule has 2 aromatic carbocycles. The van der Waals surface area contributed by atoms with Gasteiger partial charge in [-0.15, -0.1) is 0 Å². The third-order valence-electron chi connectivity index (χ3n) is 6.91. The Hall–Kier alpha value is -3.31. The molecular formula is C30H35F3N2O7S. The number of unbranched alkanes of at least 4 members (excludes halogenated alkanes) is 3. The van der Waals surface area contributed by atoms with Crippen LogP contribution in [0.4, 0.5) is 18.0 Å². The summed E-state index contributed by atoms with van der Waals surface area (Å²) >= 11 is 0. The first kappa shape index (κ1) is 32.6. The number of primary sulfonamides is 1. The molecule has 0 bridgehead atoms. The van der Waals surface area contributed by atoms with Gasteiger partial charge in [0.05, 0.1) is 30.2 Å². The number of rotatable bonds is 11. The fourth-order valence-electron chi connectivity index (χ4n) is 4.67. The zero-order valence-electron chi connectivity index (χ0n) is 24.0. The minimum Gasteiger partial charge on any atom is -0.463 e. The topological polar surface area (TPSA) is 117 Å². The summed E-state index contributed by atoms with van der Waals surface area (Å²) in [5.74, 6) is 5.35. The van der Waals surface area contributed by atoms with Gasteiger partial charge in [-0.25, -0.2) is 18.4 Å². The number of carbonyl (C=O) groups is 1. The van der Waals surface area contributed by atoms with Crippen LogP contribution in [0.5, 0.6) is 5.75 Å². The van der Waals surface area contributed by atoms with Gasteiger partial charge in [0, 0.05) is 44.5 Å². The molecule has 2 N–H and O–H groups in total. The second kappa shape index (κ2) is 13.5. The van der Waals surface area contributed by atoms with Crippen molar-refractivity contribution in [2.45, 2.75) is 75.5 Å². The Morgan fingerprint density at radius 3 is 2.60 bits per heavy atom. The molecule has 1 unspecified atom stereocenters. The van der Waals surface area contributed by atoms with Crippen molar-refractivity contribution in [1.82, 2.24) is 4.90 Å². The largest absolute Gasteiger partial charge is 0.463 e. The Morgan fingerprint density at radius 1 is 1.09 bits per heavy atom. The predicted octanol–water partition coefficient (Wildman–Crippen LogP) is 5.51. The van der Waals surface area contributed by atoms with Gasteiger partial charge in [-0.2, -0.15) is 13.2 Å². The van der Waals surface area contributed by atoms with Crippen molar-refractivity contribution in [1.29, 1.82) is 0 Å². The first-order valence-electron chi connectivity index (χ1n) is 13.9. The summed E-state index contributed by atoms with van der Waals surface area (Å²) in [6, 6.07) is 8.06. The van der Waals surface area contributed by atoms with E-state index in [4.69, 9.17) is 24.1 Å². The van der Waals surface area contributed by atoms with Crippen LogP contribution in [0.15, 0.2) is 41.3 Å². The summed E-state index contributed by atoms with van der Waals surface area (Å²) < 4.78 is 85.0. The fourth-order valence-corrected chi connectivity index (χ4v) is 5.25. The van der Waals surface area contributed by atoms with Crippen molar-refractivity contribution in [3.05, 3.63) is 58.7 Å². The van der Waals surface area contributed by atoms with Gasteiger partial charge in [0.15, 0.2) is 0 Å². The van der Waals surface area contributed by atoms with E-state index in [1.165, 1.54) is 0 Å². The van der Waals surface area contributed by atoms with E-state index in [9.17, 15) is 26.4 Å². The molecular weight excluding hydrogens is 589 g/mol. The normalized spacial score (nSPS) is 18.0. The maximum absolute atomic E-state index is 13.1. The average Bonchev–Trinajstić information content (AvgIpc) is 3.30. The van der Waals surface area contributed by atoms with Gasteiger partial charge < -0.3 is 23.8 Å². The van der Waals surface area contributed by atoms with Crippen LogP contribution in [0.25, 0.3) is 0 Å². The SMILES string of the molecule is CC1(C)OCc2cc(C3CN(CCCCCCOCCC#Cc4cc(C(F)(F)F)cc(S(N)(=O)=O)c4)C(=O)O3)ccc2O1. The average molecular weight is 625 g/mol. The number of benzene rings is 2. The molecule has 1 saturated heterocycles. The van der Waals surface area contributed by atoms with Crippen LogP contribution in [-0.4, -0.2) is 51.5 Å². The van der Waals surface area contributed by atoms with Crippen molar-refractivity contribution >= 4 is 16.1 Å². The Kier molecular flexibility index (Phi) is 10.3. The van der Waals surface area contributed by atoms with Crippen LogP contribution in [0.1, 0.15) is 74.3 Å². The molecule has 9 nitrogen and oxygen atoms in total. The number of sulfonamides is 1. The van der Waals surface area contributed by atoms with Crippen molar-refractivity contribution in [2.24, 2.45) is 5.14 Å². The molecule has 4 rings (SSSR count). The third kappa shape index (κ3) is 9.34. The molecule has 2 aromatic rings. The van der Waals surface area contributed by atoms with Gasteiger partial charge in [-0.1, -0.05) is 30.7 Å². The highest BCUT2D eigenvalue weighted by atomic mass is 32.2. The number of cyclic esters (lactones) is 1. The maximum Gasteiger partial charge on any atom is 0.416 e. The molecule has 234 valence electrons. The Morgan fingerprint density at radius 2 is 1.86 bits per heavy atom. The van der Waals surface area contributed by atoms with Crippen LogP contribution < -0.4 is 9.88 Å². The van der Waals surface area contributed by atoms with E-state index in [2.05, 4.69) is 11.8 Å². The van der Waals surface area contributed by atoms with Gasteiger partial charge in [0.1, 0.15) is 11.9 Å². The number of fused-ring (bicyclic) bond motifs is 1. The van der Waals surface area contributed by atoms with Gasteiger partial charge in [0.2, 0.25) is 15.8 Å². The molecule has 2 heterocycles. The maximum atomic E-state index is 13.1. The molecule has 1 amide bonds. The molecule has 0 saturated carbocycles. The Balaban J connectivity index is 1.11. The lowest BCUT2D eigenvalue weighted by Gasteiger charge is -2.32. The quantitative estimate of drug-likeness (QED) is 0.259. The molecule has 43 heavy (non-hydrogen) atoms. The van der Waals surface area contributed by atoms with Gasteiger partial charge in [-0.3, -0.25) is 0 Å². The lowest BCUT2D eigenvalue weighted by atomic mass is 10.0. The highest BCUT2D eigenvalue weighted by Gasteiger charge is 2.34. The van der Waals surface area contributed by atoms with Crippen LogP contribution in [0, 0.1) is 11.8 Å². The number of hydrogen-bond acceptors (Lipinski definition) is 7. The zero-order valence-corrected chi connectivity index (χ0v) is 24.9. The van der Waals surface area contributed by atoms with E-state index < -0.39 is 32.4 Å². The van der Waals surface area contributed by atoms with E-state index in [1.807, 2.05) is 32.0 Å². The predicted molar refractivity (Wildman–Crippen MR) is 150 cm³/mol. The van der Waals surface area contributed by atoms with E-state index in [0.29, 0.717) is 32.4 Å². The lowest BCUT2D eigenvalue weighted by molar-refractivity contribution is -0.180.